The normalized spacial score (nSPS) is 21.5. The number of thiophene rings is 1. The van der Waals surface area contributed by atoms with Gasteiger partial charge in [0, 0.05) is 21.9 Å². The van der Waals surface area contributed by atoms with Crippen molar-refractivity contribution in [3.8, 4) is 0 Å². The second kappa shape index (κ2) is 5.85. The monoisotopic (exact) mass is 350 g/mol. The maximum absolute atomic E-state index is 12.4. The third-order valence-electron chi connectivity index (χ3n) is 4.95. The van der Waals surface area contributed by atoms with Crippen LogP contribution >= 0.6 is 11.3 Å². The molecule has 0 unspecified atom stereocenters. The van der Waals surface area contributed by atoms with Gasteiger partial charge in [-0.1, -0.05) is 6.42 Å². The fourth-order valence-electron chi connectivity index (χ4n) is 3.82. The van der Waals surface area contributed by atoms with Crippen molar-refractivity contribution in [2.24, 2.45) is 5.92 Å². The predicted molar refractivity (Wildman–Crippen MR) is 95.6 cm³/mol. The summed E-state index contributed by atoms with van der Waals surface area (Å²) in [6.45, 7) is 8.48. The number of anilines is 1. The summed E-state index contributed by atoms with van der Waals surface area (Å²) in [7, 11) is 1.39. The Hall–Kier alpha value is -1.40. The first-order valence-corrected chi connectivity index (χ1v) is 9.31. The van der Waals surface area contributed by atoms with Gasteiger partial charge in [-0.2, -0.15) is 0 Å². The Morgan fingerprint density at radius 1 is 1.25 bits per heavy atom. The highest BCUT2D eigenvalue weighted by Crippen LogP contribution is 2.45. The van der Waals surface area contributed by atoms with Crippen LogP contribution in [0.5, 0.6) is 0 Å². The van der Waals surface area contributed by atoms with Gasteiger partial charge in [0.05, 0.1) is 12.7 Å². The summed E-state index contributed by atoms with van der Waals surface area (Å²) < 4.78 is 5.02. The number of fused-ring (bicyclic) bond motifs is 1. The lowest BCUT2D eigenvalue weighted by atomic mass is 9.81. The average molecular weight is 350 g/mol. The van der Waals surface area contributed by atoms with Gasteiger partial charge in [-0.3, -0.25) is 4.79 Å². The van der Waals surface area contributed by atoms with Crippen LogP contribution in [0.1, 0.15) is 67.8 Å². The summed E-state index contributed by atoms with van der Waals surface area (Å²) in [5.74, 6) is -0.267. The van der Waals surface area contributed by atoms with Crippen LogP contribution < -0.4 is 10.6 Å². The minimum atomic E-state index is -0.370. The number of hydrogen-bond acceptors (Lipinski definition) is 5. The molecule has 0 radical (unpaired) electrons. The first-order valence-electron chi connectivity index (χ1n) is 8.49. The number of carbonyl (C=O) groups is 2. The lowest BCUT2D eigenvalue weighted by molar-refractivity contribution is -0.122. The molecule has 1 saturated carbocycles. The van der Waals surface area contributed by atoms with E-state index in [2.05, 4.69) is 38.3 Å². The van der Waals surface area contributed by atoms with Gasteiger partial charge in [-0.15, -0.1) is 11.3 Å². The zero-order valence-corrected chi connectivity index (χ0v) is 15.9. The van der Waals surface area contributed by atoms with Gasteiger partial charge in [-0.05, 0) is 52.5 Å². The van der Waals surface area contributed by atoms with Crippen LogP contribution in [0.2, 0.25) is 0 Å². The highest BCUT2D eigenvalue weighted by atomic mass is 32.1. The van der Waals surface area contributed by atoms with E-state index < -0.39 is 0 Å². The van der Waals surface area contributed by atoms with E-state index in [0.717, 1.165) is 36.1 Å². The molecule has 0 spiro atoms. The summed E-state index contributed by atoms with van der Waals surface area (Å²) in [5, 5.41) is 7.27. The van der Waals surface area contributed by atoms with Crippen LogP contribution in [0.4, 0.5) is 5.00 Å². The molecule has 5 nitrogen and oxygen atoms in total. The molecule has 2 N–H and O–H groups in total. The lowest BCUT2D eigenvalue weighted by Crippen LogP contribution is -2.55. The summed E-state index contributed by atoms with van der Waals surface area (Å²) in [4.78, 5) is 25.9. The van der Waals surface area contributed by atoms with Crippen molar-refractivity contribution in [3.63, 3.8) is 0 Å². The Morgan fingerprint density at radius 3 is 2.46 bits per heavy atom. The largest absolute Gasteiger partial charge is 0.465 e. The maximum atomic E-state index is 12.4. The molecule has 0 aromatic carbocycles. The molecule has 1 aliphatic heterocycles. The second-order valence-corrected chi connectivity index (χ2v) is 9.05. The molecule has 132 valence electrons. The third-order valence-corrected chi connectivity index (χ3v) is 6.42. The van der Waals surface area contributed by atoms with Crippen molar-refractivity contribution in [3.05, 3.63) is 16.0 Å². The Balaban J connectivity index is 2.04. The van der Waals surface area contributed by atoms with E-state index in [9.17, 15) is 9.59 Å². The third kappa shape index (κ3) is 2.97. The summed E-state index contributed by atoms with van der Waals surface area (Å²) in [6, 6.07) is 0. The quantitative estimate of drug-likeness (QED) is 0.820. The standard InChI is InChI=1S/C18H26N2O3S/c1-17(2)9-11-12(16(22)23-5)15(19-14(21)10-7-6-8-10)24-13(11)18(3,4)20-17/h10,20H,6-9H2,1-5H3,(H,19,21). The predicted octanol–water partition coefficient (Wildman–Crippen LogP) is 3.43. The molecule has 6 heteroatoms. The van der Waals surface area contributed by atoms with Crippen molar-refractivity contribution in [1.82, 2.24) is 5.32 Å². The summed E-state index contributed by atoms with van der Waals surface area (Å²) >= 11 is 1.50. The van der Waals surface area contributed by atoms with Crippen LogP contribution in [0.25, 0.3) is 0 Å². The molecule has 1 amide bonds. The van der Waals surface area contributed by atoms with Gasteiger partial charge in [0.1, 0.15) is 5.00 Å². The van der Waals surface area contributed by atoms with E-state index in [1.165, 1.54) is 18.4 Å². The van der Waals surface area contributed by atoms with Crippen LogP contribution in [-0.4, -0.2) is 24.5 Å². The first kappa shape index (κ1) is 17.4. The molecule has 0 atom stereocenters. The van der Waals surface area contributed by atoms with Crippen LogP contribution in [0.3, 0.4) is 0 Å². The number of hydrogen-bond donors (Lipinski definition) is 2. The van der Waals surface area contributed by atoms with Gasteiger partial charge < -0.3 is 15.4 Å². The van der Waals surface area contributed by atoms with E-state index in [-0.39, 0.29) is 28.9 Å². The van der Waals surface area contributed by atoms with Gasteiger partial charge in [0.25, 0.3) is 0 Å². The molecule has 0 saturated heterocycles. The van der Waals surface area contributed by atoms with E-state index in [1.54, 1.807) is 0 Å². The van der Waals surface area contributed by atoms with E-state index >= 15 is 0 Å². The minimum absolute atomic E-state index is 0.0232. The van der Waals surface area contributed by atoms with Gasteiger partial charge >= 0.3 is 5.97 Å². The van der Waals surface area contributed by atoms with Gasteiger partial charge in [0.15, 0.2) is 0 Å². The summed E-state index contributed by atoms with van der Waals surface area (Å²) in [5.41, 5.74) is 1.15. The van der Waals surface area contributed by atoms with Gasteiger partial charge in [0.2, 0.25) is 5.91 Å². The fourth-order valence-corrected chi connectivity index (χ4v) is 5.09. The zero-order valence-electron chi connectivity index (χ0n) is 15.0. The number of carbonyl (C=O) groups excluding carboxylic acids is 2. The number of rotatable bonds is 3. The molecular formula is C18H26N2O3S. The molecule has 1 aromatic rings. The molecule has 1 aromatic heterocycles. The van der Waals surface area contributed by atoms with Crippen LogP contribution in [-0.2, 0) is 21.5 Å². The molecule has 2 aliphatic rings. The molecule has 2 heterocycles. The number of esters is 1. The van der Waals surface area contributed by atoms with E-state index in [1.807, 2.05) is 0 Å². The molecule has 3 rings (SSSR count). The number of amides is 1. The van der Waals surface area contributed by atoms with Crippen molar-refractivity contribution in [2.75, 3.05) is 12.4 Å². The van der Waals surface area contributed by atoms with Crippen molar-refractivity contribution in [2.45, 2.75) is 64.5 Å². The molecule has 24 heavy (non-hydrogen) atoms. The maximum Gasteiger partial charge on any atom is 0.341 e. The van der Waals surface area contributed by atoms with Crippen LogP contribution in [0, 0.1) is 5.92 Å². The van der Waals surface area contributed by atoms with Crippen molar-refractivity contribution >= 4 is 28.2 Å². The number of nitrogens with one attached hydrogen (secondary N) is 2. The Morgan fingerprint density at radius 2 is 1.92 bits per heavy atom. The molecule has 1 fully saturated rings. The Kier molecular flexibility index (Phi) is 4.24. The highest BCUT2D eigenvalue weighted by Gasteiger charge is 2.42. The second-order valence-electron chi connectivity index (χ2n) is 8.03. The summed E-state index contributed by atoms with van der Waals surface area (Å²) in [6.07, 6.45) is 3.70. The number of ether oxygens (including phenoxy) is 1. The molecule has 1 aliphatic carbocycles. The Labute approximate surface area is 147 Å². The topological polar surface area (TPSA) is 67.4 Å². The first-order chi connectivity index (χ1) is 11.1. The van der Waals surface area contributed by atoms with Crippen LogP contribution in [0.15, 0.2) is 0 Å². The van der Waals surface area contributed by atoms with Crippen molar-refractivity contribution in [1.29, 1.82) is 0 Å². The highest BCUT2D eigenvalue weighted by molar-refractivity contribution is 7.17. The van der Waals surface area contributed by atoms with E-state index in [4.69, 9.17) is 4.74 Å². The van der Waals surface area contributed by atoms with Crippen molar-refractivity contribution < 1.29 is 14.3 Å². The lowest BCUT2D eigenvalue weighted by Gasteiger charge is -2.42. The minimum Gasteiger partial charge on any atom is -0.465 e. The average Bonchev–Trinajstić information content (AvgIpc) is 2.72. The molecule has 0 bridgehead atoms. The number of methoxy groups -OCH3 is 1. The van der Waals surface area contributed by atoms with Gasteiger partial charge in [-0.25, -0.2) is 4.79 Å². The Bertz CT molecular complexity index is 687. The zero-order chi connectivity index (χ0) is 17.7. The molecular weight excluding hydrogens is 324 g/mol. The smallest absolute Gasteiger partial charge is 0.341 e. The fraction of sp³-hybridized carbons (Fsp3) is 0.667. The van der Waals surface area contributed by atoms with E-state index in [0.29, 0.717) is 10.6 Å². The SMILES string of the molecule is COC(=O)c1c(NC(=O)C2CCC2)sc2c1CC(C)(C)NC2(C)C.